The summed E-state index contributed by atoms with van der Waals surface area (Å²) in [5, 5.41) is 13.7. The number of nitrogens with zero attached hydrogens (tertiary/aromatic N) is 1. The summed E-state index contributed by atoms with van der Waals surface area (Å²) in [5.74, 6) is 0.858. The Morgan fingerprint density at radius 3 is 2.71 bits per heavy atom. The van der Waals surface area contributed by atoms with Crippen molar-refractivity contribution in [2.45, 2.75) is 13.0 Å². The zero-order valence-corrected chi connectivity index (χ0v) is 12.2. The molecular formula is C17H13ClN2O. The van der Waals surface area contributed by atoms with Gasteiger partial charge in [0.2, 0.25) is 0 Å². The molecule has 1 atom stereocenters. The highest BCUT2D eigenvalue weighted by atomic mass is 35.5. The monoisotopic (exact) mass is 296 g/mol. The summed E-state index contributed by atoms with van der Waals surface area (Å²) in [7, 11) is 0. The molecule has 104 valence electrons. The Morgan fingerprint density at radius 1 is 1.19 bits per heavy atom. The van der Waals surface area contributed by atoms with Gasteiger partial charge in [0, 0.05) is 11.1 Å². The molecule has 0 amide bonds. The van der Waals surface area contributed by atoms with Crippen molar-refractivity contribution in [3.8, 4) is 6.07 Å². The molecule has 0 aliphatic heterocycles. The number of nitrogens with one attached hydrogen (secondary N) is 1. The Bertz CT molecular complexity index is 799. The molecule has 21 heavy (non-hydrogen) atoms. The lowest BCUT2D eigenvalue weighted by Crippen LogP contribution is -2.05. The fourth-order valence-corrected chi connectivity index (χ4v) is 2.46. The first-order valence-corrected chi connectivity index (χ1v) is 7.00. The van der Waals surface area contributed by atoms with E-state index >= 15 is 0 Å². The van der Waals surface area contributed by atoms with Gasteiger partial charge in [-0.15, -0.1) is 0 Å². The maximum absolute atomic E-state index is 8.88. The van der Waals surface area contributed by atoms with Gasteiger partial charge in [-0.05, 0) is 37.3 Å². The van der Waals surface area contributed by atoms with Crippen LogP contribution in [0.4, 0.5) is 5.69 Å². The van der Waals surface area contributed by atoms with E-state index in [1.54, 1.807) is 12.1 Å². The standard InChI is InChI=1S/C17H13ClN2O/c1-11(17-8-12-4-2-3-5-16(12)21-17)20-14-7-6-13(10-19)15(18)9-14/h2-9,11,20H,1H3. The number of benzene rings is 2. The van der Waals surface area contributed by atoms with E-state index in [-0.39, 0.29) is 6.04 Å². The molecule has 3 nitrogen and oxygen atoms in total. The Morgan fingerprint density at radius 2 is 2.00 bits per heavy atom. The largest absolute Gasteiger partial charge is 0.459 e. The highest BCUT2D eigenvalue weighted by Gasteiger charge is 2.12. The molecule has 0 bridgehead atoms. The van der Waals surface area contributed by atoms with Gasteiger partial charge in [-0.3, -0.25) is 0 Å². The molecule has 1 heterocycles. The van der Waals surface area contributed by atoms with Gasteiger partial charge in [-0.1, -0.05) is 29.8 Å². The molecule has 0 aliphatic rings. The third-order valence-corrected chi connectivity index (χ3v) is 3.66. The molecule has 3 aromatic rings. The summed E-state index contributed by atoms with van der Waals surface area (Å²) in [6.07, 6.45) is 0. The van der Waals surface area contributed by atoms with Crippen molar-refractivity contribution >= 4 is 28.3 Å². The normalized spacial score (nSPS) is 12.0. The Balaban J connectivity index is 1.84. The van der Waals surface area contributed by atoms with Crippen molar-refractivity contribution in [2.75, 3.05) is 5.32 Å². The van der Waals surface area contributed by atoms with Crippen LogP contribution in [0.25, 0.3) is 11.0 Å². The first kappa shape index (κ1) is 13.5. The summed E-state index contributed by atoms with van der Waals surface area (Å²) in [5.41, 5.74) is 2.20. The van der Waals surface area contributed by atoms with Crippen LogP contribution in [0.3, 0.4) is 0 Å². The van der Waals surface area contributed by atoms with E-state index < -0.39 is 0 Å². The van der Waals surface area contributed by atoms with Crippen LogP contribution in [0.5, 0.6) is 0 Å². The number of halogens is 1. The molecule has 3 rings (SSSR count). The predicted octanol–water partition coefficient (Wildman–Crippen LogP) is 5.13. The minimum atomic E-state index is 0.00130. The molecule has 1 unspecified atom stereocenters. The fraction of sp³-hybridized carbons (Fsp3) is 0.118. The summed E-state index contributed by atoms with van der Waals surface area (Å²) >= 11 is 6.04. The van der Waals surface area contributed by atoms with Gasteiger partial charge in [0.05, 0.1) is 16.6 Å². The van der Waals surface area contributed by atoms with E-state index in [1.165, 1.54) is 0 Å². The van der Waals surface area contributed by atoms with Crippen molar-refractivity contribution in [2.24, 2.45) is 0 Å². The van der Waals surface area contributed by atoms with E-state index in [1.807, 2.05) is 49.4 Å². The summed E-state index contributed by atoms with van der Waals surface area (Å²) < 4.78 is 5.83. The summed E-state index contributed by atoms with van der Waals surface area (Å²) in [6, 6.07) is 17.3. The molecule has 1 N–H and O–H groups in total. The number of furan rings is 1. The lowest BCUT2D eigenvalue weighted by molar-refractivity contribution is 0.526. The van der Waals surface area contributed by atoms with Crippen LogP contribution in [0.15, 0.2) is 52.9 Å². The second kappa shape index (κ2) is 5.51. The maximum atomic E-state index is 8.88. The second-order valence-corrected chi connectivity index (χ2v) is 5.27. The van der Waals surface area contributed by atoms with Crippen LogP contribution in [-0.4, -0.2) is 0 Å². The minimum Gasteiger partial charge on any atom is -0.459 e. The van der Waals surface area contributed by atoms with E-state index in [0.29, 0.717) is 10.6 Å². The van der Waals surface area contributed by atoms with E-state index in [9.17, 15) is 0 Å². The van der Waals surface area contributed by atoms with Crippen LogP contribution in [0.1, 0.15) is 24.3 Å². The number of para-hydroxylation sites is 1. The molecule has 1 aromatic heterocycles. The number of nitriles is 1. The average molecular weight is 297 g/mol. The lowest BCUT2D eigenvalue weighted by Gasteiger charge is -2.13. The van der Waals surface area contributed by atoms with Gasteiger partial charge in [0.15, 0.2) is 0 Å². The fourth-order valence-electron chi connectivity index (χ4n) is 2.23. The molecule has 4 heteroatoms. The first-order valence-electron chi connectivity index (χ1n) is 6.62. The average Bonchev–Trinajstić information content (AvgIpc) is 2.91. The van der Waals surface area contributed by atoms with Crippen molar-refractivity contribution in [3.05, 3.63) is 64.9 Å². The van der Waals surface area contributed by atoms with E-state index in [0.717, 1.165) is 22.4 Å². The quantitative estimate of drug-likeness (QED) is 0.729. The van der Waals surface area contributed by atoms with Gasteiger partial charge < -0.3 is 9.73 Å². The third-order valence-electron chi connectivity index (χ3n) is 3.34. The van der Waals surface area contributed by atoms with E-state index in [4.69, 9.17) is 21.3 Å². The summed E-state index contributed by atoms with van der Waals surface area (Å²) in [4.78, 5) is 0. The predicted molar refractivity (Wildman–Crippen MR) is 84.4 cm³/mol. The van der Waals surface area contributed by atoms with Crippen molar-refractivity contribution in [3.63, 3.8) is 0 Å². The van der Waals surface area contributed by atoms with Crippen molar-refractivity contribution in [1.29, 1.82) is 5.26 Å². The summed E-state index contributed by atoms with van der Waals surface area (Å²) in [6.45, 7) is 2.02. The topological polar surface area (TPSA) is 49.0 Å². The molecule has 2 aromatic carbocycles. The van der Waals surface area contributed by atoms with Gasteiger partial charge >= 0.3 is 0 Å². The van der Waals surface area contributed by atoms with Crippen LogP contribution < -0.4 is 5.32 Å². The molecule has 0 saturated heterocycles. The lowest BCUT2D eigenvalue weighted by atomic mass is 10.2. The highest BCUT2D eigenvalue weighted by Crippen LogP contribution is 2.27. The maximum Gasteiger partial charge on any atom is 0.134 e. The van der Waals surface area contributed by atoms with Crippen LogP contribution >= 0.6 is 11.6 Å². The van der Waals surface area contributed by atoms with E-state index in [2.05, 4.69) is 5.32 Å². The molecule has 0 spiro atoms. The Hall–Kier alpha value is -2.44. The smallest absolute Gasteiger partial charge is 0.134 e. The Kier molecular flexibility index (Phi) is 3.55. The zero-order chi connectivity index (χ0) is 14.8. The number of anilines is 1. The SMILES string of the molecule is CC(Nc1ccc(C#N)c(Cl)c1)c1cc2ccccc2o1. The first-order chi connectivity index (χ1) is 10.2. The molecule has 0 saturated carbocycles. The number of hydrogen-bond donors (Lipinski definition) is 1. The van der Waals surface area contributed by atoms with Crippen LogP contribution in [0.2, 0.25) is 5.02 Å². The van der Waals surface area contributed by atoms with Crippen molar-refractivity contribution < 1.29 is 4.42 Å². The Labute approximate surface area is 127 Å². The third kappa shape index (κ3) is 2.72. The molecule has 0 fully saturated rings. The second-order valence-electron chi connectivity index (χ2n) is 4.86. The molecular weight excluding hydrogens is 284 g/mol. The van der Waals surface area contributed by atoms with Crippen molar-refractivity contribution in [1.82, 2.24) is 0 Å². The molecule has 0 radical (unpaired) electrons. The van der Waals surface area contributed by atoms with Gasteiger partial charge in [0.25, 0.3) is 0 Å². The van der Waals surface area contributed by atoms with Crippen LogP contribution in [0, 0.1) is 11.3 Å². The molecule has 0 aliphatic carbocycles. The highest BCUT2D eigenvalue weighted by molar-refractivity contribution is 6.32. The van der Waals surface area contributed by atoms with Crippen LogP contribution in [-0.2, 0) is 0 Å². The zero-order valence-electron chi connectivity index (χ0n) is 11.4. The minimum absolute atomic E-state index is 0.00130. The number of hydrogen-bond acceptors (Lipinski definition) is 3. The number of fused-ring (bicyclic) bond motifs is 1. The number of rotatable bonds is 3. The van der Waals surface area contributed by atoms with Gasteiger partial charge in [-0.2, -0.15) is 5.26 Å². The van der Waals surface area contributed by atoms with Gasteiger partial charge in [-0.25, -0.2) is 0 Å². The van der Waals surface area contributed by atoms with Gasteiger partial charge in [0.1, 0.15) is 17.4 Å².